The van der Waals surface area contributed by atoms with E-state index in [0.29, 0.717) is 12.1 Å². The van der Waals surface area contributed by atoms with Gasteiger partial charge in [-0.25, -0.2) is 0 Å². The Bertz CT molecular complexity index is 266. The van der Waals surface area contributed by atoms with Gasteiger partial charge in [0.05, 0.1) is 0 Å². The molecule has 0 spiro atoms. The first-order chi connectivity index (χ1) is 7.09. The molecule has 0 aliphatic rings. The van der Waals surface area contributed by atoms with Crippen molar-refractivity contribution in [2.45, 2.75) is 46.2 Å². The third-order valence-corrected chi connectivity index (χ3v) is 2.66. The standard InChI is InChI=1S/C14H23N/c1-11(2)10-12(3)15-13(4)14-8-6-5-7-9-14/h5-9,11-13,15H,10H2,1-4H3/t12?,13-/m1/s1. The van der Waals surface area contributed by atoms with Gasteiger partial charge in [-0.2, -0.15) is 0 Å². The van der Waals surface area contributed by atoms with Crippen LogP contribution < -0.4 is 5.32 Å². The SMILES string of the molecule is CC(C)CC(C)N[C@H](C)c1ccccc1. The monoisotopic (exact) mass is 205 g/mol. The Labute approximate surface area is 93.9 Å². The maximum Gasteiger partial charge on any atom is 0.0294 e. The van der Waals surface area contributed by atoms with E-state index in [4.69, 9.17) is 0 Å². The molecule has 1 unspecified atom stereocenters. The van der Waals surface area contributed by atoms with E-state index >= 15 is 0 Å². The zero-order chi connectivity index (χ0) is 11.3. The number of rotatable bonds is 5. The summed E-state index contributed by atoms with van der Waals surface area (Å²) in [5.74, 6) is 0.760. The van der Waals surface area contributed by atoms with Crippen LogP contribution in [0.2, 0.25) is 0 Å². The molecule has 2 atom stereocenters. The Morgan fingerprint density at radius 2 is 1.60 bits per heavy atom. The maximum atomic E-state index is 3.63. The lowest BCUT2D eigenvalue weighted by Gasteiger charge is -2.21. The first-order valence-electron chi connectivity index (χ1n) is 5.90. The molecular weight excluding hydrogens is 182 g/mol. The van der Waals surface area contributed by atoms with Crippen LogP contribution in [0.15, 0.2) is 30.3 Å². The maximum absolute atomic E-state index is 3.63. The smallest absolute Gasteiger partial charge is 0.0294 e. The third-order valence-electron chi connectivity index (χ3n) is 2.66. The van der Waals surface area contributed by atoms with E-state index in [-0.39, 0.29) is 0 Å². The van der Waals surface area contributed by atoms with Crippen molar-refractivity contribution in [2.24, 2.45) is 5.92 Å². The summed E-state index contributed by atoms with van der Waals surface area (Å²) in [6.45, 7) is 9.03. The Morgan fingerprint density at radius 1 is 1.00 bits per heavy atom. The van der Waals surface area contributed by atoms with Gasteiger partial charge in [0.2, 0.25) is 0 Å². The van der Waals surface area contributed by atoms with Gasteiger partial charge in [0.25, 0.3) is 0 Å². The molecule has 0 radical (unpaired) electrons. The molecule has 15 heavy (non-hydrogen) atoms. The van der Waals surface area contributed by atoms with E-state index in [2.05, 4.69) is 63.3 Å². The fraction of sp³-hybridized carbons (Fsp3) is 0.571. The minimum atomic E-state index is 0.444. The summed E-state index contributed by atoms with van der Waals surface area (Å²) in [6, 6.07) is 11.6. The van der Waals surface area contributed by atoms with Crippen molar-refractivity contribution < 1.29 is 0 Å². The van der Waals surface area contributed by atoms with Gasteiger partial charge in [-0.05, 0) is 31.7 Å². The minimum absolute atomic E-state index is 0.444. The highest BCUT2D eigenvalue weighted by atomic mass is 14.9. The van der Waals surface area contributed by atoms with Gasteiger partial charge in [-0.3, -0.25) is 0 Å². The molecule has 0 amide bonds. The Balaban J connectivity index is 2.45. The molecular formula is C14H23N. The molecule has 0 aliphatic heterocycles. The third kappa shape index (κ3) is 4.48. The molecule has 0 bridgehead atoms. The van der Waals surface area contributed by atoms with E-state index < -0.39 is 0 Å². The highest BCUT2D eigenvalue weighted by molar-refractivity contribution is 5.18. The highest BCUT2D eigenvalue weighted by Gasteiger charge is 2.09. The fourth-order valence-electron chi connectivity index (χ4n) is 2.04. The van der Waals surface area contributed by atoms with Crippen LogP contribution in [0.1, 0.15) is 45.7 Å². The van der Waals surface area contributed by atoms with Crippen LogP contribution in [0.5, 0.6) is 0 Å². The predicted octanol–water partition coefficient (Wildman–Crippen LogP) is 3.77. The minimum Gasteiger partial charge on any atom is -0.308 e. The second kappa shape index (κ2) is 5.92. The summed E-state index contributed by atoms with van der Waals surface area (Å²) in [7, 11) is 0. The quantitative estimate of drug-likeness (QED) is 0.771. The molecule has 1 aromatic rings. The van der Waals surface area contributed by atoms with E-state index in [9.17, 15) is 0 Å². The molecule has 0 saturated heterocycles. The van der Waals surface area contributed by atoms with E-state index in [0.717, 1.165) is 5.92 Å². The lowest BCUT2D eigenvalue weighted by atomic mass is 10.0. The molecule has 84 valence electrons. The van der Waals surface area contributed by atoms with Crippen molar-refractivity contribution in [3.8, 4) is 0 Å². The van der Waals surface area contributed by atoms with Crippen LogP contribution in [0.3, 0.4) is 0 Å². The molecule has 1 nitrogen and oxygen atoms in total. The van der Waals surface area contributed by atoms with Gasteiger partial charge >= 0.3 is 0 Å². The summed E-state index contributed by atoms with van der Waals surface area (Å²) < 4.78 is 0. The van der Waals surface area contributed by atoms with Crippen LogP contribution in [0.25, 0.3) is 0 Å². The van der Waals surface area contributed by atoms with Crippen molar-refractivity contribution in [1.29, 1.82) is 0 Å². The summed E-state index contributed by atoms with van der Waals surface area (Å²) in [4.78, 5) is 0. The molecule has 1 heteroatoms. The molecule has 0 aromatic heterocycles. The Hall–Kier alpha value is -0.820. The van der Waals surface area contributed by atoms with Crippen LogP contribution >= 0.6 is 0 Å². The lowest BCUT2D eigenvalue weighted by Crippen LogP contribution is -2.30. The van der Waals surface area contributed by atoms with Gasteiger partial charge < -0.3 is 5.32 Å². The molecule has 1 rings (SSSR count). The summed E-state index contributed by atoms with van der Waals surface area (Å²) >= 11 is 0. The predicted molar refractivity (Wildman–Crippen MR) is 66.9 cm³/mol. The second-order valence-electron chi connectivity index (χ2n) is 4.83. The van der Waals surface area contributed by atoms with Crippen molar-refractivity contribution in [3.63, 3.8) is 0 Å². The molecule has 1 N–H and O–H groups in total. The lowest BCUT2D eigenvalue weighted by molar-refractivity contribution is 0.407. The van der Waals surface area contributed by atoms with Gasteiger partial charge in [0, 0.05) is 12.1 Å². The number of benzene rings is 1. The topological polar surface area (TPSA) is 12.0 Å². The molecule has 0 fully saturated rings. The normalized spacial score (nSPS) is 15.3. The number of hydrogen-bond acceptors (Lipinski definition) is 1. The van der Waals surface area contributed by atoms with Gasteiger partial charge in [0.15, 0.2) is 0 Å². The first-order valence-corrected chi connectivity index (χ1v) is 5.90. The van der Waals surface area contributed by atoms with Gasteiger partial charge in [-0.15, -0.1) is 0 Å². The zero-order valence-corrected chi connectivity index (χ0v) is 10.3. The largest absolute Gasteiger partial charge is 0.308 e. The van der Waals surface area contributed by atoms with Crippen molar-refractivity contribution >= 4 is 0 Å². The van der Waals surface area contributed by atoms with Crippen molar-refractivity contribution in [2.75, 3.05) is 0 Å². The van der Waals surface area contributed by atoms with Crippen molar-refractivity contribution in [3.05, 3.63) is 35.9 Å². The van der Waals surface area contributed by atoms with Crippen LogP contribution in [-0.4, -0.2) is 6.04 Å². The summed E-state index contributed by atoms with van der Waals surface area (Å²) in [6.07, 6.45) is 1.23. The number of hydrogen-bond donors (Lipinski definition) is 1. The molecule has 0 heterocycles. The van der Waals surface area contributed by atoms with E-state index in [1.54, 1.807) is 0 Å². The van der Waals surface area contributed by atoms with Gasteiger partial charge in [0.1, 0.15) is 0 Å². The Kier molecular flexibility index (Phi) is 4.83. The van der Waals surface area contributed by atoms with Crippen LogP contribution in [0, 0.1) is 5.92 Å². The highest BCUT2D eigenvalue weighted by Crippen LogP contribution is 2.14. The second-order valence-corrected chi connectivity index (χ2v) is 4.83. The van der Waals surface area contributed by atoms with Gasteiger partial charge in [-0.1, -0.05) is 44.2 Å². The van der Waals surface area contributed by atoms with E-state index in [1.807, 2.05) is 0 Å². The van der Waals surface area contributed by atoms with Crippen LogP contribution in [-0.2, 0) is 0 Å². The average molecular weight is 205 g/mol. The number of nitrogens with one attached hydrogen (secondary N) is 1. The fourth-order valence-corrected chi connectivity index (χ4v) is 2.04. The Morgan fingerprint density at radius 3 is 2.13 bits per heavy atom. The molecule has 1 aromatic carbocycles. The average Bonchev–Trinajstić information content (AvgIpc) is 2.17. The summed E-state index contributed by atoms with van der Waals surface area (Å²) in [5, 5.41) is 3.63. The van der Waals surface area contributed by atoms with E-state index in [1.165, 1.54) is 12.0 Å². The first kappa shape index (κ1) is 12.3. The molecule has 0 saturated carbocycles. The molecule has 0 aliphatic carbocycles. The van der Waals surface area contributed by atoms with Crippen molar-refractivity contribution in [1.82, 2.24) is 5.32 Å². The zero-order valence-electron chi connectivity index (χ0n) is 10.3. The van der Waals surface area contributed by atoms with Crippen LogP contribution in [0.4, 0.5) is 0 Å². The summed E-state index contributed by atoms with van der Waals surface area (Å²) in [5.41, 5.74) is 1.37.